The second kappa shape index (κ2) is 14.6. The van der Waals surface area contributed by atoms with Gasteiger partial charge < -0.3 is 10.2 Å². The summed E-state index contributed by atoms with van der Waals surface area (Å²) in [5.41, 5.74) is 0.643. The van der Waals surface area contributed by atoms with Gasteiger partial charge in [-0.3, -0.25) is 13.9 Å². The Bertz CT molecular complexity index is 1490. The third kappa shape index (κ3) is 8.30. The summed E-state index contributed by atoms with van der Waals surface area (Å²) >= 11 is 25.0. The summed E-state index contributed by atoms with van der Waals surface area (Å²) in [6.45, 7) is 5.44. The molecule has 0 saturated heterocycles. The first-order valence-corrected chi connectivity index (χ1v) is 15.8. The van der Waals surface area contributed by atoms with E-state index in [0.29, 0.717) is 17.1 Å². The second-order valence-corrected chi connectivity index (χ2v) is 13.2. The molecule has 0 radical (unpaired) electrons. The van der Waals surface area contributed by atoms with Gasteiger partial charge in [-0.1, -0.05) is 97.5 Å². The van der Waals surface area contributed by atoms with Gasteiger partial charge >= 0.3 is 0 Å². The Morgan fingerprint density at radius 3 is 2.17 bits per heavy atom. The van der Waals surface area contributed by atoms with Crippen molar-refractivity contribution in [3.8, 4) is 0 Å². The van der Waals surface area contributed by atoms with Gasteiger partial charge in [0.05, 0.1) is 30.7 Å². The van der Waals surface area contributed by atoms with Gasteiger partial charge in [0.2, 0.25) is 11.8 Å². The molecule has 7 nitrogen and oxygen atoms in total. The van der Waals surface area contributed by atoms with Crippen LogP contribution in [0.5, 0.6) is 0 Å². The van der Waals surface area contributed by atoms with Crippen LogP contribution < -0.4 is 9.62 Å². The maximum atomic E-state index is 14.1. The van der Waals surface area contributed by atoms with Crippen molar-refractivity contribution in [1.29, 1.82) is 0 Å². The number of rotatable bonds is 12. The molecule has 0 aromatic heterocycles. The Morgan fingerprint density at radius 2 is 1.56 bits per heavy atom. The summed E-state index contributed by atoms with van der Waals surface area (Å²) in [4.78, 5) is 28.7. The van der Waals surface area contributed by atoms with E-state index in [2.05, 4.69) is 5.32 Å². The SMILES string of the molecule is CCC(C(=O)NCC(C)C)N(Cc1ccc(Cl)c(Cl)c1)C(=O)CN(c1cccc(Cl)c1Cl)S(=O)(=O)c1ccccc1. The molecule has 3 aromatic rings. The predicted molar refractivity (Wildman–Crippen MR) is 166 cm³/mol. The lowest BCUT2D eigenvalue weighted by atomic mass is 10.1. The highest BCUT2D eigenvalue weighted by atomic mass is 35.5. The number of sulfonamides is 1. The highest BCUT2D eigenvalue weighted by molar-refractivity contribution is 7.92. The largest absolute Gasteiger partial charge is 0.354 e. The van der Waals surface area contributed by atoms with Crippen LogP contribution in [0.1, 0.15) is 32.8 Å². The first-order valence-electron chi connectivity index (χ1n) is 12.9. The van der Waals surface area contributed by atoms with E-state index in [0.717, 1.165) is 4.31 Å². The molecule has 1 N–H and O–H groups in total. The van der Waals surface area contributed by atoms with Gasteiger partial charge in [-0.25, -0.2) is 8.42 Å². The molecule has 2 amide bonds. The second-order valence-electron chi connectivity index (χ2n) is 9.73. The first-order chi connectivity index (χ1) is 19.4. The van der Waals surface area contributed by atoms with E-state index >= 15 is 0 Å². The number of nitrogens with zero attached hydrogens (tertiary/aromatic N) is 2. The fourth-order valence-electron chi connectivity index (χ4n) is 4.09. The molecule has 220 valence electrons. The monoisotopic (exact) mass is 657 g/mol. The van der Waals surface area contributed by atoms with Crippen molar-refractivity contribution in [2.45, 2.75) is 44.7 Å². The lowest BCUT2D eigenvalue weighted by molar-refractivity contribution is -0.140. The molecule has 0 heterocycles. The van der Waals surface area contributed by atoms with E-state index in [-0.39, 0.29) is 50.4 Å². The molecule has 1 unspecified atom stereocenters. The van der Waals surface area contributed by atoms with E-state index < -0.39 is 28.5 Å². The Kier molecular flexibility index (Phi) is 11.8. The fourth-order valence-corrected chi connectivity index (χ4v) is 6.31. The molecular weight excluding hydrogens is 628 g/mol. The van der Waals surface area contributed by atoms with Crippen LogP contribution in [0.4, 0.5) is 5.69 Å². The van der Waals surface area contributed by atoms with Gasteiger partial charge in [-0.05, 0) is 54.3 Å². The molecule has 0 fully saturated rings. The predicted octanol–water partition coefficient (Wildman–Crippen LogP) is 7.08. The Morgan fingerprint density at radius 1 is 0.878 bits per heavy atom. The standard InChI is InChI=1S/C29H31Cl4N3O4S/c1-4-25(29(38)34-16-19(2)3)35(17-20-13-14-22(30)24(32)15-20)27(37)18-36(26-12-8-11-23(31)28(26)33)41(39,40)21-9-6-5-7-10-21/h5-15,19,25H,4,16-18H2,1-3H3,(H,34,38). The molecule has 41 heavy (non-hydrogen) atoms. The van der Waals surface area contributed by atoms with Crippen molar-refractivity contribution in [3.05, 3.63) is 92.4 Å². The number of halogens is 4. The van der Waals surface area contributed by atoms with Gasteiger partial charge in [0, 0.05) is 13.1 Å². The lowest BCUT2D eigenvalue weighted by Gasteiger charge is -2.33. The topological polar surface area (TPSA) is 86.8 Å². The zero-order valence-corrected chi connectivity index (χ0v) is 26.6. The summed E-state index contributed by atoms with van der Waals surface area (Å²) in [6.07, 6.45) is 0.278. The van der Waals surface area contributed by atoms with E-state index in [1.165, 1.54) is 29.2 Å². The number of hydrogen-bond donors (Lipinski definition) is 1. The fraction of sp³-hybridized carbons (Fsp3) is 0.310. The summed E-state index contributed by atoms with van der Waals surface area (Å²) in [5, 5.41) is 3.60. The minimum absolute atomic E-state index is 0.0220. The Labute approximate surface area is 261 Å². The van der Waals surface area contributed by atoms with Gasteiger partial charge in [-0.2, -0.15) is 0 Å². The van der Waals surface area contributed by atoms with E-state index in [9.17, 15) is 18.0 Å². The summed E-state index contributed by atoms with van der Waals surface area (Å²) in [6, 6.07) is 16.2. The normalized spacial score (nSPS) is 12.2. The van der Waals surface area contributed by atoms with Crippen LogP contribution in [0.3, 0.4) is 0 Å². The maximum Gasteiger partial charge on any atom is 0.264 e. The maximum absolute atomic E-state index is 14.1. The number of amides is 2. The van der Waals surface area contributed by atoms with Gasteiger partial charge in [0.1, 0.15) is 12.6 Å². The van der Waals surface area contributed by atoms with Crippen LogP contribution in [0.15, 0.2) is 71.6 Å². The number of nitrogens with one attached hydrogen (secondary N) is 1. The van der Waals surface area contributed by atoms with E-state index in [1.807, 2.05) is 13.8 Å². The minimum Gasteiger partial charge on any atom is -0.354 e. The van der Waals surface area contributed by atoms with Crippen LogP contribution in [0, 0.1) is 5.92 Å². The van der Waals surface area contributed by atoms with Crippen molar-refractivity contribution in [2.75, 3.05) is 17.4 Å². The Balaban J connectivity index is 2.09. The van der Waals surface area contributed by atoms with Crippen LogP contribution in [-0.4, -0.2) is 44.3 Å². The first kappa shape index (κ1) is 33.0. The van der Waals surface area contributed by atoms with E-state index in [1.54, 1.807) is 49.4 Å². The van der Waals surface area contributed by atoms with Crippen LogP contribution >= 0.6 is 46.4 Å². The van der Waals surface area contributed by atoms with Crippen molar-refractivity contribution >= 4 is 73.9 Å². The molecular formula is C29H31Cl4N3O4S. The van der Waals surface area contributed by atoms with Crippen molar-refractivity contribution < 1.29 is 18.0 Å². The summed E-state index contributed by atoms with van der Waals surface area (Å²) in [5.74, 6) is -0.793. The molecule has 1 atom stereocenters. The quantitative estimate of drug-likeness (QED) is 0.225. The van der Waals surface area contributed by atoms with Crippen molar-refractivity contribution in [2.24, 2.45) is 5.92 Å². The van der Waals surface area contributed by atoms with Crippen LogP contribution in [-0.2, 0) is 26.2 Å². The van der Waals surface area contributed by atoms with Crippen molar-refractivity contribution in [3.63, 3.8) is 0 Å². The van der Waals surface area contributed by atoms with E-state index in [4.69, 9.17) is 46.4 Å². The number of benzene rings is 3. The molecule has 0 spiro atoms. The minimum atomic E-state index is -4.28. The number of carbonyl (C=O) groups is 2. The van der Waals surface area contributed by atoms with Gasteiger partial charge in [-0.15, -0.1) is 0 Å². The van der Waals surface area contributed by atoms with Gasteiger partial charge in [0.25, 0.3) is 10.0 Å². The highest BCUT2D eigenvalue weighted by Crippen LogP contribution is 2.35. The molecule has 3 rings (SSSR count). The smallest absolute Gasteiger partial charge is 0.264 e. The molecule has 0 saturated carbocycles. The molecule has 0 bridgehead atoms. The molecule has 3 aromatic carbocycles. The zero-order chi connectivity index (χ0) is 30.3. The summed E-state index contributed by atoms with van der Waals surface area (Å²) < 4.78 is 28.7. The van der Waals surface area contributed by atoms with Crippen LogP contribution in [0.25, 0.3) is 0 Å². The molecule has 0 aliphatic carbocycles. The Hall–Kier alpha value is -2.49. The summed E-state index contributed by atoms with van der Waals surface area (Å²) in [7, 11) is -4.28. The third-order valence-corrected chi connectivity index (χ3v) is 9.54. The number of anilines is 1. The van der Waals surface area contributed by atoms with Gasteiger partial charge in [0.15, 0.2) is 0 Å². The molecule has 0 aliphatic heterocycles. The highest BCUT2D eigenvalue weighted by Gasteiger charge is 2.34. The average molecular weight is 659 g/mol. The number of hydrogen-bond acceptors (Lipinski definition) is 4. The molecule has 12 heteroatoms. The molecule has 0 aliphatic rings. The third-order valence-electron chi connectivity index (χ3n) is 6.22. The van der Waals surface area contributed by atoms with Crippen molar-refractivity contribution in [1.82, 2.24) is 10.2 Å². The van der Waals surface area contributed by atoms with Crippen LogP contribution in [0.2, 0.25) is 20.1 Å². The average Bonchev–Trinajstić information content (AvgIpc) is 2.94. The zero-order valence-electron chi connectivity index (χ0n) is 22.8. The number of carbonyl (C=O) groups excluding carboxylic acids is 2. The lowest BCUT2D eigenvalue weighted by Crippen LogP contribution is -2.52.